The summed E-state index contributed by atoms with van der Waals surface area (Å²) in [5.41, 5.74) is 0.247. The SMILES string of the molecule is CC(C)(O)c1ccccc1.[Mg+2][Br]. The van der Waals surface area contributed by atoms with Gasteiger partial charge in [-0.2, -0.15) is 0 Å². The van der Waals surface area contributed by atoms with Crippen LogP contribution in [-0.2, 0) is 5.60 Å². The molecule has 1 aromatic carbocycles. The Morgan fingerprint density at radius 2 is 1.58 bits per heavy atom. The molecule has 0 heterocycles. The van der Waals surface area contributed by atoms with E-state index in [4.69, 9.17) is 0 Å². The van der Waals surface area contributed by atoms with Gasteiger partial charge in [0, 0.05) is 0 Å². The van der Waals surface area contributed by atoms with Gasteiger partial charge >= 0.3 is 32.4 Å². The molecule has 1 N–H and O–H groups in total. The molecule has 0 saturated carbocycles. The second-order valence-corrected chi connectivity index (χ2v) is 2.93. The van der Waals surface area contributed by atoms with Crippen molar-refractivity contribution in [1.82, 2.24) is 0 Å². The summed E-state index contributed by atoms with van der Waals surface area (Å²) in [5, 5.41) is 9.49. The zero-order chi connectivity index (χ0) is 9.61. The highest BCUT2D eigenvalue weighted by atomic mass is 79.9. The van der Waals surface area contributed by atoms with Crippen molar-refractivity contribution in [2.75, 3.05) is 0 Å². The van der Waals surface area contributed by atoms with E-state index in [-0.39, 0.29) is 0 Å². The molecule has 0 aliphatic carbocycles. The molecular weight excluding hydrogens is 228 g/mol. The molecule has 0 amide bonds. The summed E-state index contributed by atoms with van der Waals surface area (Å²) in [6.07, 6.45) is 0. The first kappa shape index (κ1) is 12.4. The summed E-state index contributed by atoms with van der Waals surface area (Å²) in [6, 6.07) is 9.62. The Morgan fingerprint density at radius 1 is 1.17 bits per heavy atom. The third-order valence-corrected chi connectivity index (χ3v) is 1.48. The Bertz CT molecular complexity index is 206. The smallest absolute Gasteiger partial charge is 0.386 e. The number of benzene rings is 1. The number of hydrogen-bond acceptors (Lipinski definition) is 1. The molecule has 12 heavy (non-hydrogen) atoms. The van der Waals surface area contributed by atoms with Gasteiger partial charge in [0.25, 0.3) is 0 Å². The van der Waals surface area contributed by atoms with E-state index >= 15 is 0 Å². The minimum absolute atomic E-state index is 0.707. The summed E-state index contributed by atoms with van der Waals surface area (Å²) in [4.78, 5) is 0. The molecule has 61 valence electrons. The number of hydrogen-bond donors (Lipinski definition) is 1. The fraction of sp³-hybridized carbons (Fsp3) is 0.333. The molecule has 0 saturated heterocycles. The van der Waals surface area contributed by atoms with E-state index in [0.717, 1.165) is 5.56 Å². The largest absolute Gasteiger partial charge is 1.52 e. The van der Waals surface area contributed by atoms with E-state index in [0.29, 0.717) is 0 Å². The van der Waals surface area contributed by atoms with Gasteiger partial charge < -0.3 is 5.11 Å². The normalized spacial score (nSPS) is 10.1. The van der Waals surface area contributed by atoms with Crippen LogP contribution in [0.4, 0.5) is 0 Å². The molecule has 0 aromatic heterocycles. The van der Waals surface area contributed by atoms with Crippen LogP contribution in [0.1, 0.15) is 19.4 Å². The van der Waals surface area contributed by atoms with Gasteiger partial charge in [0.2, 0.25) is 0 Å². The van der Waals surface area contributed by atoms with Gasteiger partial charge in [0.05, 0.1) is 5.60 Å². The molecule has 1 aromatic rings. The van der Waals surface area contributed by atoms with Crippen LogP contribution in [0.2, 0.25) is 0 Å². The van der Waals surface area contributed by atoms with E-state index < -0.39 is 5.60 Å². The minimum atomic E-state index is -0.707. The lowest BCUT2D eigenvalue weighted by molar-refractivity contribution is 0.0786. The highest BCUT2D eigenvalue weighted by Gasteiger charge is 2.13. The average molecular weight is 240 g/mol. The van der Waals surface area contributed by atoms with Crippen LogP contribution >= 0.6 is 12.9 Å². The van der Waals surface area contributed by atoms with Crippen LogP contribution in [-0.4, -0.2) is 24.6 Å². The molecule has 0 unspecified atom stereocenters. The van der Waals surface area contributed by atoms with Crippen molar-refractivity contribution in [3.8, 4) is 0 Å². The fourth-order valence-electron chi connectivity index (χ4n) is 0.846. The van der Waals surface area contributed by atoms with Crippen molar-refractivity contribution < 1.29 is 5.11 Å². The lowest BCUT2D eigenvalue weighted by atomic mass is 9.99. The second-order valence-electron chi connectivity index (χ2n) is 2.93. The van der Waals surface area contributed by atoms with Crippen LogP contribution in [0, 0.1) is 0 Å². The lowest BCUT2D eigenvalue weighted by Gasteiger charge is -2.16. The monoisotopic (exact) mass is 239 g/mol. The Morgan fingerprint density at radius 3 is 1.83 bits per heavy atom. The van der Waals surface area contributed by atoms with Gasteiger partial charge in [-0.05, 0) is 19.4 Å². The van der Waals surface area contributed by atoms with E-state index in [9.17, 15) is 5.11 Å². The molecule has 0 aliphatic heterocycles. The highest BCUT2D eigenvalue weighted by molar-refractivity contribution is 9.22. The summed E-state index contributed by atoms with van der Waals surface area (Å²) in [6.45, 7) is 3.56. The van der Waals surface area contributed by atoms with Crippen LogP contribution in [0.5, 0.6) is 0 Å². The number of aliphatic hydroxyl groups is 1. The third kappa shape index (κ3) is 4.45. The summed E-state index contributed by atoms with van der Waals surface area (Å²) in [7, 11) is 0. The number of halogens is 1. The van der Waals surface area contributed by atoms with Gasteiger partial charge in [-0.1, -0.05) is 30.3 Å². The maximum Gasteiger partial charge on any atom is 1.52 e. The Labute approximate surface area is 92.5 Å². The van der Waals surface area contributed by atoms with Gasteiger partial charge in [-0.25, -0.2) is 0 Å². The van der Waals surface area contributed by atoms with E-state index in [1.165, 1.54) is 0 Å². The van der Waals surface area contributed by atoms with Gasteiger partial charge in [-0.3, -0.25) is 0 Å². The molecule has 0 fully saturated rings. The molecule has 0 bridgehead atoms. The molecule has 7 radical (unpaired) electrons. The fourth-order valence-corrected chi connectivity index (χ4v) is 0.846. The highest BCUT2D eigenvalue weighted by Crippen LogP contribution is 2.17. The van der Waals surface area contributed by atoms with Crippen molar-refractivity contribution in [3.05, 3.63) is 35.9 Å². The van der Waals surface area contributed by atoms with E-state index in [1.54, 1.807) is 33.4 Å². The van der Waals surface area contributed by atoms with Gasteiger partial charge in [-0.15, -0.1) is 0 Å². The molecule has 0 aliphatic rings. The Balaban J connectivity index is 0.000000561. The first-order valence-electron chi connectivity index (χ1n) is 3.65. The van der Waals surface area contributed by atoms with E-state index in [2.05, 4.69) is 12.9 Å². The molecule has 1 nitrogen and oxygen atoms in total. The standard InChI is InChI=1S/C9H12O.BrH.Mg/c1-9(2,10)8-6-4-3-5-7-8;;/h3-7,10H,1-2H3;1H;/q;;+3/p-1. The van der Waals surface area contributed by atoms with Crippen LogP contribution in [0.15, 0.2) is 30.3 Å². The van der Waals surface area contributed by atoms with Crippen LogP contribution in [0.3, 0.4) is 0 Å². The third-order valence-electron chi connectivity index (χ3n) is 1.48. The molecule has 3 heteroatoms. The summed E-state index contributed by atoms with van der Waals surface area (Å²) in [5.74, 6) is 0. The summed E-state index contributed by atoms with van der Waals surface area (Å²) < 4.78 is 0. The van der Waals surface area contributed by atoms with Gasteiger partial charge in [0.15, 0.2) is 0 Å². The van der Waals surface area contributed by atoms with Crippen molar-refractivity contribution in [3.63, 3.8) is 0 Å². The molecule has 1 rings (SSSR count). The summed E-state index contributed by atoms with van der Waals surface area (Å²) >= 11 is 4.64. The second kappa shape index (κ2) is 5.97. The maximum absolute atomic E-state index is 9.49. The van der Waals surface area contributed by atoms with Crippen LogP contribution in [0.25, 0.3) is 0 Å². The first-order valence-corrected chi connectivity index (χ1v) is 7.55. The average Bonchev–Trinajstić information content (AvgIpc) is 2.08. The topological polar surface area (TPSA) is 20.2 Å². The van der Waals surface area contributed by atoms with Gasteiger partial charge in [0.1, 0.15) is 0 Å². The molecular formula is C9H12BrMgO+2. The van der Waals surface area contributed by atoms with Crippen molar-refractivity contribution in [1.29, 1.82) is 0 Å². The van der Waals surface area contributed by atoms with Crippen LogP contribution < -0.4 is 0 Å². The zero-order valence-electron chi connectivity index (χ0n) is 7.42. The number of rotatable bonds is 1. The maximum atomic E-state index is 9.49. The first-order chi connectivity index (χ1) is 5.61. The quantitative estimate of drug-likeness (QED) is 0.747. The van der Waals surface area contributed by atoms with Crippen molar-refractivity contribution in [2.24, 2.45) is 0 Å². The van der Waals surface area contributed by atoms with E-state index in [1.807, 2.05) is 30.3 Å². The molecule has 0 atom stereocenters. The predicted molar refractivity (Wildman–Crippen MR) is 56.4 cm³/mol. The Kier molecular flexibility index (Phi) is 6.18. The lowest BCUT2D eigenvalue weighted by Crippen LogP contribution is -2.14. The molecule has 0 spiro atoms. The minimum Gasteiger partial charge on any atom is -0.386 e. The van der Waals surface area contributed by atoms with Crippen molar-refractivity contribution in [2.45, 2.75) is 19.4 Å². The zero-order valence-corrected chi connectivity index (χ0v) is 10.4. The van der Waals surface area contributed by atoms with Crippen molar-refractivity contribution >= 4 is 32.4 Å². The predicted octanol–water partition coefficient (Wildman–Crippen LogP) is 2.38. The Hall–Kier alpha value is 0.426.